The number of halogens is 1. The number of carboxylic acids is 1. The van der Waals surface area contributed by atoms with Crippen molar-refractivity contribution in [1.82, 2.24) is 10.2 Å². The van der Waals surface area contributed by atoms with E-state index in [1.54, 1.807) is 18.2 Å². The average molecular weight is 351 g/mol. The molecule has 0 saturated heterocycles. The SMILES string of the molecule is C=C(NC(=O)C(=C)N1Cc2c(Br)cccc2C1=O)C(=O)O. The normalized spacial score (nSPS) is 12.8. The first kappa shape index (κ1) is 15.0. The number of nitrogens with one attached hydrogen (secondary N) is 1. The predicted molar refractivity (Wildman–Crippen MR) is 78.1 cm³/mol. The molecule has 1 aliphatic heterocycles. The number of aliphatic carboxylic acids is 1. The number of hydrogen-bond acceptors (Lipinski definition) is 3. The lowest BCUT2D eigenvalue weighted by Crippen LogP contribution is -2.35. The molecule has 0 spiro atoms. The molecule has 1 aromatic carbocycles. The van der Waals surface area contributed by atoms with E-state index in [4.69, 9.17) is 5.11 Å². The van der Waals surface area contributed by atoms with Crippen molar-refractivity contribution in [3.8, 4) is 0 Å². The highest BCUT2D eigenvalue weighted by molar-refractivity contribution is 9.10. The first-order valence-electron chi connectivity index (χ1n) is 5.84. The minimum atomic E-state index is -1.35. The zero-order chi connectivity index (χ0) is 15.7. The van der Waals surface area contributed by atoms with Gasteiger partial charge in [-0.3, -0.25) is 14.5 Å². The van der Waals surface area contributed by atoms with Crippen molar-refractivity contribution in [3.63, 3.8) is 0 Å². The van der Waals surface area contributed by atoms with Crippen LogP contribution in [0.4, 0.5) is 0 Å². The van der Waals surface area contributed by atoms with Crippen LogP contribution in [0.3, 0.4) is 0 Å². The van der Waals surface area contributed by atoms with Crippen molar-refractivity contribution >= 4 is 33.7 Å². The van der Waals surface area contributed by atoms with Gasteiger partial charge in [0.05, 0.1) is 6.54 Å². The van der Waals surface area contributed by atoms with Gasteiger partial charge in [-0.2, -0.15) is 0 Å². The van der Waals surface area contributed by atoms with E-state index < -0.39 is 17.6 Å². The highest BCUT2D eigenvalue weighted by Crippen LogP contribution is 2.31. The van der Waals surface area contributed by atoms with Crippen LogP contribution in [0.2, 0.25) is 0 Å². The van der Waals surface area contributed by atoms with Gasteiger partial charge in [0.1, 0.15) is 11.4 Å². The Labute approximate surface area is 128 Å². The molecule has 6 nitrogen and oxygen atoms in total. The monoisotopic (exact) mass is 350 g/mol. The van der Waals surface area contributed by atoms with Gasteiger partial charge in [-0.05, 0) is 17.7 Å². The van der Waals surface area contributed by atoms with E-state index in [9.17, 15) is 14.4 Å². The molecule has 0 atom stereocenters. The highest BCUT2D eigenvalue weighted by Gasteiger charge is 2.32. The molecule has 0 saturated carbocycles. The summed E-state index contributed by atoms with van der Waals surface area (Å²) in [5.41, 5.74) is 0.626. The molecular formula is C14H11BrN2O4. The van der Waals surface area contributed by atoms with Gasteiger partial charge in [-0.1, -0.05) is 35.2 Å². The number of nitrogens with zero attached hydrogens (tertiary/aromatic N) is 1. The van der Waals surface area contributed by atoms with Crippen molar-refractivity contribution in [2.24, 2.45) is 0 Å². The Bertz CT molecular complexity index is 696. The first-order valence-corrected chi connectivity index (χ1v) is 6.64. The largest absolute Gasteiger partial charge is 0.477 e. The quantitative estimate of drug-likeness (QED) is 0.808. The third kappa shape index (κ3) is 2.73. The van der Waals surface area contributed by atoms with Gasteiger partial charge >= 0.3 is 5.97 Å². The zero-order valence-electron chi connectivity index (χ0n) is 10.9. The number of fused-ring (bicyclic) bond motifs is 1. The number of amides is 2. The highest BCUT2D eigenvalue weighted by atomic mass is 79.9. The predicted octanol–water partition coefficient (Wildman–Crippen LogP) is 1.63. The molecule has 0 bridgehead atoms. The molecule has 7 heteroatoms. The maximum absolute atomic E-state index is 12.2. The molecule has 2 rings (SSSR count). The zero-order valence-corrected chi connectivity index (χ0v) is 12.4. The van der Waals surface area contributed by atoms with Gasteiger partial charge in [-0.15, -0.1) is 0 Å². The third-order valence-corrected chi connectivity index (χ3v) is 3.76. The van der Waals surface area contributed by atoms with E-state index in [1.807, 2.05) is 0 Å². The molecule has 0 radical (unpaired) electrons. The second-order valence-electron chi connectivity index (χ2n) is 4.34. The maximum Gasteiger partial charge on any atom is 0.351 e. The fraction of sp³-hybridized carbons (Fsp3) is 0.0714. The van der Waals surface area contributed by atoms with Crippen molar-refractivity contribution < 1.29 is 19.5 Å². The summed E-state index contributed by atoms with van der Waals surface area (Å²) >= 11 is 3.35. The second kappa shape index (κ2) is 5.53. The number of carbonyl (C=O) groups is 3. The molecule has 21 heavy (non-hydrogen) atoms. The van der Waals surface area contributed by atoms with E-state index in [-0.39, 0.29) is 18.1 Å². The summed E-state index contributed by atoms with van der Waals surface area (Å²) < 4.78 is 0.763. The van der Waals surface area contributed by atoms with Crippen LogP contribution in [0.15, 0.2) is 47.2 Å². The van der Waals surface area contributed by atoms with Gasteiger partial charge in [0.2, 0.25) is 0 Å². The van der Waals surface area contributed by atoms with Gasteiger partial charge in [0.15, 0.2) is 0 Å². The maximum atomic E-state index is 12.2. The standard InChI is InChI=1S/C14H11BrN2O4/c1-7(14(20)21)16-12(18)8(2)17-6-10-9(13(17)19)4-3-5-11(10)15/h3-5H,1-2,6H2,(H,16,18)(H,20,21). The fourth-order valence-corrected chi connectivity index (χ4v) is 2.39. The summed E-state index contributed by atoms with van der Waals surface area (Å²) in [6, 6.07) is 5.17. The van der Waals surface area contributed by atoms with E-state index in [0.29, 0.717) is 5.56 Å². The van der Waals surface area contributed by atoms with Crippen LogP contribution >= 0.6 is 15.9 Å². The van der Waals surface area contributed by atoms with Crippen LogP contribution in [0, 0.1) is 0 Å². The molecule has 108 valence electrons. The lowest BCUT2D eigenvalue weighted by Gasteiger charge is -2.17. The van der Waals surface area contributed by atoms with E-state index >= 15 is 0 Å². The van der Waals surface area contributed by atoms with Crippen LogP contribution in [-0.2, 0) is 16.1 Å². The topological polar surface area (TPSA) is 86.7 Å². The number of benzene rings is 1. The number of carboxylic acid groups (broad SMARTS) is 1. The lowest BCUT2D eigenvalue weighted by atomic mass is 10.1. The summed E-state index contributed by atoms with van der Waals surface area (Å²) in [6.45, 7) is 6.94. The van der Waals surface area contributed by atoms with Crippen LogP contribution in [0.1, 0.15) is 15.9 Å². The fourth-order valence-electron chi connectivity index (χ4n) is 1.90. The minimum absolute atomic E-state index is 0.134. The van der Waals surface area contributed by atoms with Gasteiger partial charge in [0, 0.05) is 10.0 Å². The molecule has 0 aromatic heterocycles. The summed E-state index contributed by atoms with van der Waals surface area (Å²) in [4.78, 5) is 36.0. The Balaban J connectivity index is 2.18. The second-order valence-corrected chi connectivity index (χ2v) is 5.20. The van der Waals surface area contributed by atoms with Gasteiger partial charge in [-0.25, -0.2) is 4.79 Å². The van der Waals surface area contributed by atoms with Gasteiger partial charge in [0.25, 0.3) is 11.8 Å². The number of hydrogen-bond donors (Lipinski definition) is 2. The number of rotatable bonds is 4. The first-order chi connectivity index (χ1) is 9.82. The Morgan fingerprint density at radius 2 is 2.00 bits per heavy atom. The Kier molecular flexibility index (Phi) is 3.95. The average Bonchev–Trinajstić information content (AvgIpc) is 2.77. The summed E-state index contributed by atoms with van der Waals surface area (Å²) in [5, 5.41) is 10.8. The van der Waals surface area contributed by atoms with Crippen molar-refractivity contribution in [2.45, 2.75) is 6.54 Å². The minimum Gasteiger partial charge on any atom is -0.477 e. The smallest absolute Gasteiger partial charge is 0.351 e. The Morgan fingerprint density at radius 1 is 1.33 bits per heavy atom. The Hall–Kier alpha value is -2.41. The summed E-state index contributed by atoms with van der Waals surface area (Å²) in [5.74, 6) is -2.48. The molecule has 0 fully saturated rings. The molecule has 1 heterocycles. The molecule has 2 amide bonds. The molecule has 1 aliphatic rings. The third-order valence-electron chi connectivity index (χ3n) is 3.02. The summed E-state index contributed by atoms with van der Waals surface area (Å²) in [7, 11) is 0. The Morgan fingerprint density at radius 3 is 2.57 bits per heavy atom. The molecule has 2 N–H and O–H groups in total. The van der Waals surface area contributed by atoms with Crippen molar-refractivity contribution in [1.29, 1.82) is 0 Å². The molecule has 0 unspecified atom stereocenters. The van der Waals surface area contributed by atoms with Crippen LogP contribution in [0.5, 0.6) is 0 Å². The van der Waals surface area contributed by atoms with Crippen LogP contribution in [0.25, 0.3) is 0 Å². The van der Waals surface area contributed by atoms with Crippen LogP contribution in [-0.4, -0.2) is 27.8 Å². The van der Waals surface area contributed by atoms with Gasteiger partial charge < -0.3 is 10.4 Å². The van der Waals surface area contributed by atoms with Crippen LogP contribution < -0.4 is 5.32 Å². The van der Waals surface area contributed by atoms with E-state index in [2.05, 4.69) is 34.4 Å². The molecular weight excluding hydrogens is 340 g/mol. The van der Waals surface area contributed by atoms with Crippen molar-refractivity contribution in [3.05, 3.63) is 58.4 Å². The van der Waals surface area contributed by atoms with Crippen molar-refractivity contribution in [2.75, 3.05) is 0 Å². The lowest BCUT2D eigenvalue weighted by molar-refractivity contribution is -0.134. The van der Waals surface area contributed by atoms with E-state index in [0.717, 1.165) is 10.0 Å². The summed E-state index contributed by atoms with van der Waals surface area (Å²) in [6.07, 6.45) is 0. The van der Waals surface area contributed by atoms with E-state index in [1.165, 1.54) is 4.90 Å². The number of carbonyl (C=O) groups excluding carboxylic acids is 2. The molecule has 0 aliphatic carbocycles. The molecule has 1 aromatic rings.